The summed E-state index contributed by atoms with van der Waals surface area (Å²) in [4.78, 5) is 3.74. The SMILES string of the molecule is CC.Cc1ccccc1N1Cc2oc3sccc3c2C12CCCC2. The highest BCUT2D eigenvalue weighted by Crippen LogP contribution is 2.55. The van der Waals surface area contributed by atoms with Crippen molar-refractivity contribution in [3.8, 4) is 0 Å². The first-order chi connectivity index (χ1) is 11.8. The lowest BCUT2D eigenvalue weighted by molar-refractivity contribution is 0.439. The van der Waals surface area contributed by atoms with Crippen LogP contribution in [0.1, 0.15) is 56.4 Å². The number of hydrogen-bond donors (Lipinski definition) is 0. The second-order valence-corrected chi connectivity index (χ2v) is 7.51. The van der Waals surface area contributed by atoms with Crippen molar-refractivity contribution < 1.29 is 4.42 Å². The summed E-state index contributed by atoms with van der Waals surface area (Å²) in [5.41, 5.74) is 4.39. The van der Waals surface area contributed by atoms with E-state index in [0.29, 0.717) is 0 Å². The predicted octanol–water partition coefficient (Wildman–Crippen LogP) is 6.62. The molecule has 0 saturated heterocycles. The second-order valence-electron chi connectivity index (χ2n) is 6.63. The van der Waals surface area contributed by atoms with Gasteiger partial charge in [-0.25, -0.2) is 0 Å². The van der Waals surface area contributed by atoms with Gasteiger partial charge >= 0.3 is 0 Å². The summed E-state index contributed by atoms with van der Waals surface area (Å²) in [6, 6.07) is 11.0. The van der Waals surface area contributed by atoms with Crippen LogP contribution in [0.15, 0.2) is 40.1 Å². The summed E-state index contributed by atoms with van der Waals surface area (Å²) in [6.45, 7) is 7.14. The van der Waals surface area contributed by atoms with E-state index in [1.165, 1.54) is 53.6 Å². The Bertz CT molecular complexity index is 854. The van der Waals surface area contributed by atoms with Gasteiger partial charge in [-0.2, -0.15) is 0 Å². The molecule has 0 N–H and O–H groups in total. The molecule has 1 fully saturated rings. The summed E-state index contributed by atoms with van der Waals surface area (Å²) in [5, 5.41) is 3.52. The van der Waals surface area contributed by atoms with Gasteiger partial charge in [0.2, 0.25) is 0 Å². The van der Waals surface area contributed by atoms with Crippen LogP contribution in [0.4, 0.5) is 5.69 Å². The highest BCUT2D eigenvalue weighted by Gasteiger charge is 2.50. The van der Waals surface area contributed by atoms with Crippen molar-refractivity contribution >= 4 is 27.3 Å². The van der Waals surface area contributed by atoms with Crippen molar-refractivity contribution in [2.75, 3.05) is 4.90 Å². The maximum absolute atomic E-state index is 6.21. The largest absolute Gasteiger partial charge is 0.448 e. The van der Waals surface area contributed by atoms with Crippen molar-refractivity contribution in [1.82, 2.24) is 0 Å². The van der Waals surface area contributed by atoms with Crippen molar-refractivity contribution in [2.24, 2.45) is 0 Å². The molecule has 1 aliphatic heterocycles. The van der Waals surface area contributed by atoms with E-state index in [1.54, 1.807) is 11.3 Å². The average molecular weight is 340 g/mol. The van der Waals surface area contributed by atoms with Gasteiger partial charge in [-0.3, -0.25) is 0 Å². The van der Waals surface area contributed by atoms with Crippen LogP contribution in [0.25, 0.3) is 10.3 Å². The minimum Gasteiger partial charge on any atom is -0.448 e. The Morgan fingerprint density at radius 3 is 2.58 bits per heavy atom. The zero-order valence-electron chi connectivity index (χ0n) is 14.8. The Kier molecular flexibility index (Phi) is 3.92. The van der Waals surface area contributed by atoms with Gasteiger partial charge < -0.3 is 9.32 Å². The average Bonchev–Trinajstić information content (AvgIpc) is 3.34. The molecule has 2 aliphatic rings. The first-order valence-electron chi connectivity index (χ1n) is 9.12. The van der Waals surface area contributed by atoms with Crippen LogP contribution in [0.2, 0.25) is 0 Å². The number of anilines is 1. The third-order valence-electron chi connectivity index (χ3n) is 5.51. The zero-order chi connectivity index (χ0) is 16.7. The first kappa shape index (κ1) is 15.8. The minimum absolute atomic E-state index is 0.160. The molecule has 24 heavy (non-hydrogen) atoms. The molecule has 0 amide bonds. The fourth-order valence-electron chi connectivity index (χ4n) is 4.59. The molecule has 0 unspecified atom stereocenters. The van der Waals surface area contributed by atoms with Gasteiger partial charge in [0.1, 0.15) is 5.76 Å². The number of aryl methyl sites for hydroxylation is 1. The Labute approximate surface area is 148 Å². The minimum atomic E-state index is 0.160. The van der Waals surface area contributed by atoms with Crippen LogP contribution < -0.4 is 4.90 Å². The maximum Gasteiger partial charge on any atom is 0.188 e. The van der Waals surface area contributed by atoms with Crippen molar-refractivity contribution in [1.29, 1.82) is 0 Å². The Morgan fingerprint density at radius 2 is 1.83 bits per heavy atom. The quantitative estimate of drug-likeness (QED) is 0.495. The van der Waals surface area contributed by atoms with Gasteiger partial charge in [-0.1, -0.05) is 44.9 Å². The molecule has 0 atom stereocenters. The summed E-state index contributed by atoms with van der Waals surface area (Å²) in [5.74, 6) is 1.20. The van der Waals surface area contributed by atoms with Crippen molar-refractivity contribution in [3.63, 3.8) is 0 Å². The van der Waals surface area contributed by atoms with E-state index in [1.807, 2.05) is 13.8 Å². The monoisotopic (exact) mass is 339 g/mol. The van der Waals surface area contributed by atoms with Crippen LogP contribution in [0.5, 0.6) is 0 Å². The van der Waals surface area contributed by atoms with Crippen LogP contribution in [0, 0.1) is 6.92 Å². The van der Waals surface area contributed by atoms with Crippen LogP contribution in [-0.2, 0) is 12.1 Å². The van der Waals surface area contributed by atoms with E-state index in [9.17, 15) is 0 Å². The van der Waals surface area contributed by atoms with Crippen molar-refractivity contribution in [3.05, 3.63) is 52.6 Å². The molecular weight excluding hydrogens is 314 g/mol. The highest BCUT2D eigenvalue weighted by molar-refractivity contribution is 7.16. The summed E-state index contributed by atoms with van der Waals surface area (Å²) < 4.78 is 6.21. The third kappa shape index (κ3) is 2.07. The fourth-order valence-corrected chi connectivity index (χ4v) is 5.36. The highest BCUT2D eigenvalue weighted by atomic mass is 32.1. The van der Waals surface area contributed by atoms with Crippen molar-refractivity contribution in [2.45, 2.75) is 58.5 Å². The van der Waals surface area contributed by atoms with E-state index in [0.717, 1.165) is 11.4 Å². The van der Waals surface area contributed by atoms with Crippen LogP contribution in [-0.4, -0.2) is 0 Å². The Morgan fingerprint density at radius 1 is 1.08 bits per heavy atom. The normalized spacial score (nSPS) is 18.0. The number of benzene rings is 1. The topological polar surface area (TPSA) is 16.4 Å². The predicted molar refractivity (Wildman–Crippen MR) is 103 cm³/mol. The molecule has 3 heteroatoms. The van der Waals surface area contributed by atoms with E-state index in [4.69, 9.17) is 4.42 Å². The summed E-state index contributed by atoms with van der Waals surface area (Å²) in [6.07, 6.45) is 5.13. The molecular formula is C21H25NOS. The van der Waals surface area contributed by atoms with Crippen LogP contribution >= 0.6 is 11.3 Å². The number of rotatable bonds is 1. The standard InChI is InChI=1S/C19H19NOS.C2H6/c1-13-6-2-3-7-15(13)20-12-16-17(19(20)9-4-5-10-19)14-8-11-22-18(14)21-16;1-2/h2-3,6-8,11H,4-5,9-10,12H2,1H3;1-2H3. The molecule has 3 aromatic rings. The molecule has 3 heterocycles. The molecule has 1 spiro atoms. The maximum atomic E-state index is 6.21. The van der Waals surface area contributed by atoms with Gasteiger partial charge in [0.25, 0.3) is 0 Å². The molecule has 1 aliphatic carbocycles. The Balaban J connectivity index is 0.000000704. The molecule has 2 aromatic heterocycles. The van der Waals surface area contributed by atoms with Gasteiger partial charge in [0.05, 0.1) is 12.1 Å². The third-order valence-corrected chi connectivity index (χ3v) is 6.30. The van der Waals surface area contributed by atoms with E-state index >= 15 is 0 Å². The number of thiophene rings is 1. The van der Waals surface area contributed by atoms with Gasteiger partial charge in [-0.05, 0) is 42.8 Å². The lowest BCUT2D eigenvalue weighted by Gasteiger charge is -2.38. The molecule has 0 radical (unpaired) electrons. The number of fused-ring (bicyclic) bond motifs is 4. The van der Waals surface area contributed by atoms with Gasteiger partial charge in [-0.15, -0.1) is 11.3 Å². The molecule has 126 valence electrons. The summed E-state index contributed by atoms with van der Waals surface area (Å²) in [7, 11) is 0. The molecule has 1 aromatic carbocycles. The van der Waals surface area contributed by atoms with E-state index in [2.05, 4.69) is 47.5 Å². The molecule has 5 rings (SSSR count). The van der Waals surface area contributed by atoms with Crippen LogP contribution in [0.3, 0.4) is 0 Å². The Hall–Kier alpha value is -1.74. The first-order valence-corrected chi connectivity index (χ1v) is 10.0. The second kappa shape index (κ2) is 5.96. The molecule has 2 nitrogen and oxygen atoms in total. The molecule has 0 bridgehead atoms. The smallest absolute Gasteiger partial charge is 0.188 e. The van der Waals surface area contributed by atoms with E-state index < -0.39 is 0 Å². The van der Waals surface area contributed by atoms with Gasteiger partial charge in [0, 0.05) is 16.6 Å². The number of para-hydroxylation sites is 1. The number of furan rings is 1. The lowest BCUT2D eigenvalue weighted by atomic mass is 9.88. The lowest BCUT2D eigenvalue weighted by Crippen LogP contribution is -2.39. The number of nitrogens with zero attached hydrogens (tertiary/aromatic N) is 1. The van der Waals surface area contributed by atoms with E-state index in [-0.39, 0.29) is 5.54 Å². The number of hydrogen-bond acceptors (Lipinski definition) is 3. The fraction of sp³-hybridized carbons (Fsp3) is 0.429. The van der Waals surface area contributed by atoms with Gasteiger partial charge in [0.15, 0.2) is 4.90 Å². The zero-order valence-corrected chi connectivity index (χ0v) is 15.6. The molecule has 1 saturated carbocycles. The summed E-state index contributed by atoms with van der Waals surface area (Å²) >= 11 is 1.73.